The number of nitrogens with zero attached hydrogens (tertiary/aromatic N) is 5. The molecule has 2 aromatic rings. The van der Waals surface area contributed by atoms with Gasteiger partial charge in [0.1, 0.15) is 5.82 Å². The first kappa shape index (κ1) is 20.3. The van der Waals surface area contributed by atoms with Crippen LogP contribution in [0.15, 0.2) is 22.1 Å². The molecule has 1 aliphatic heterocycles. The van der Waals surface area contributed by atoms with Gasteiger partial charge in [-0.25, -0.2) is 18.1 Å². The Hall–Kier alpha value is -2.00. The molecule has 0 amide bonds. The monoisotopic (exact) mass is 419 g/mol. The van der Waals surface area contributed by atoms with Crippen LogP contribution < -0.4 is 5.56 Å². The van der Waals surface area contributed by atoms with Crippen LogP contribution in [0.2, 0.25) is 0 Å². The topological polar surface area (TPSA) is 90.1 Å². The zero-order valence-corrected chi connectivity index (χ0v) is 18.2. The molecule has 8 nitrogen and oxygen atoms in total. The maximum atomic E-state index is 13.0. The van der Waals surface area contributed by atoms with E-state index in [9.17, 15) is 13.2 Å². The first-order valence-electron chi connectivity index (χ1n) is 10.4. The summed E-state index contributed by atoms with van der Waals surface area (Å²) in [7, 11) is -1.76. The fourth-order valence-electron chi connectivity index (χ4n) is 4.39. The molecule has 9 heteroatoms. The van der Waals surface area contributed by atoms with Crippen LogP contribution in [-0.4, -0.2) is 45.1 Å². The molecule has 0 N–H and O–H groups in total. The molecule has 29 heavy (non-hydrogen) atoms. The summed E-state index contributed by atoms with van der Waals surface area (Å²) in [5, 5.41) is 4.67. The number of rotatable bonds is 5. The van der Waals surface area contributed by atoms with Crippen molar-refractivity contribution in [2.45, 2.75) is 63.4 Å². The molecule has 158 valence electrons. The number of fused-ring (bicyclic) bond motifs is 1. The van der Waals surface area contributed by atoms with Gasteiger partial charge in [-0.05, 0) is 43.6 Å². The first-order chi connectivity index (χ1) is 13.8. The van der Waals surface area contributed by atoms with Crippen LogP contribution in [0.4, 0.5) is 0 Å². The van der Waals surface area contributed by atoms with Gasteiger partial charge in [-0.1, -0.05) is 13.8 Å². The van der Waals surface area contributed by atoms with Crippen molar-refractivity contribution in [2.24, 2.45) is 13.0 Å². The zero-order chi connectivity index (χ0) is 20.8. The molecule has 1 fully saturated rings. The van der Waals surface area contributed by atoms with Gasteiger partial charge in [0.25, 0.3) is 15.6 Å². The molecule has 1 aliphatic carbocycles. The lowest BCUT2D eigenvalue weighted by Crippen LogP contribution is -2.40. The van der Waals surface area contributed by atoms with Crippen molar-refractivity contribution in [2.75, 3.05) is 13.1 Å². The van der Waals surface area contributed by atoms with Crippen molar-refractivity contribution >= 4 is 10.0 Å². The Labute approximate surface area is 171 Å². The molecule has 0 spiro atoms. The quantitative estimate of drug-likeness (QED) is 0.736. The van der Waals surface area contributed by atoms with Crippen LogP contribution in [-0.2, 0) is 36.5 Å². The summed E-state index contributed by atoms with van der Waals surface area (Å²) >= 11 is 0. The molecule has 1 saturated heterocycles. The molecule has 0 atom stereocenters. The standard InChI is InChI=1S/C20H29N5O3S/c1-14(2)20-21-18(13-23(20)3)29(27,28)24-9-7-15(8-10-24)12-25-19(26)11-16-5-4-6-17(16)22-25/h11,13-15H,4-10,12H2,1-3H3. The predicted octanol–water partition coefficient (Wildman–Crippen LogP) is 1.69. The number of sulfonamides is 1. The first-order valence-corrected chi connectivity index (χ1v) is 11.8. The Morgan fingerprint density at radius 1 is 1.21 bits per heavy atom. The van der Waals surface area contributed by atoms with Crippen molar-refractivity contribution < 1.29 is 8.42 Å². The highest BCUT2D eigenvalue weighted by Crippen LogP contribution is 2.25. The number of hydrogen-bond acceptors (Lipinski definition) is 5. The van der Waals surface area contributed by atoms with E-state index in [4.69, 9.17) is 0 Å². The van der Waals surface area contributed by atoms with E-state index >= 15 is 0 Å². The molecule has 2 aromatic heterocycles. The van der Waals surface area contributed by atoms with E-state index in [0.29, 0.717) is 32.5 Å². The van der Waals surface area contributed by atoms with E-state index < -0.39 is 10.0 Å². The third kappa shape index (κ3) is 3.90. The largest absolute Gasteiger partial charge is 0.336 e. The summed E-state index contributed by atoms with van der Waals surface area (Å²) in [6.07, 6.45) is 5.98. The van der Waals surface area contributed by atoms with Crippen molar-refractivity contribution in [3.05, 3.63) is 39.7 Å². The van der Waals surface area contributed by atoms with Gasteiger partial charge in [-0.3, -0.25) is 4.79 Å². The maximum absolute atomic E-state index is 13.0. The maximum Gasteiger partial charge on any atom is 0.267 e. The third-order valence-corrected chi connectivity index (χ3v) is 7.81. The average Bonchev–Trinajstić information content (AvgIpc) is 3.29. The molecule has 0 aromatic carbocycles. The normalized spacial score (nSPS) is 18.5. The summed E-state index contributed by atoms with van der Waals surface area (Å²) in [6, 6.07) is 1.72. The summed E-state index contributed by atoms with van der Waals surface area (Å²) in [4.78, 5) is 16.7. The summed E-state index contributed by atoms with van der Waals surface area (Å²) < 4.78 is 30.9. The molecule has 0 bridgehead atoms. The van der Waals surface area contributed by atoms with Gasteiger partial charge < -0.3 is 4.57 Å². The summed E-state index contributed by atoms with van der Waals surface area (Å²) in [6.45, 7) is 5.44. The Balaban J connectivity index is 1.43. The zero-order valence-electron chi connectivity index (χ0n) is 17.3. The highest BCUT2D eigenvalue weighted by atomic mass is 32.2. The van der Waals surface area contributed by atoms with Crippen molar-refractivity contribution in [3.63, 3.8) is 0 Å². The predicted molar refractivity (Wildman–Crippen MR) is 109 cm³/mol. The van der Waals surface area contributed by atoms with Crippen LogP contribution in [0, 0.1) is 5.92 Å². The van der Waals surface area contributed by atoms with E-state index in [0.717, 1.165) is 36.3 Å². The van der Waals surface area contributed by atoms with Crippen LogP contribution in [0.3, 0.4) is 0 Å². The molecule has 2 aliphatic rings. The Morgan fingerprint density at radius 2 is 1.93 bits per heavy atom. The molecule has 0 radical (unpaired) electrons. The van der Waals surface area contributed by atoms with Crippen molar-refractivity contribution in [1.29, 1.82) is 0 Å². The summed E-state index contributed by atoms with van der Waals surface area (Å²) in [5.41, 5.74) is 2.08. The molecule has 4 rings (SSSR count). The Morgan fingerprint density at radius 3 is 2.59 bits per heavy atom. The minimum Gasteiger partial charge on any atom is -0.336 e. The van der Waals surface area contributed by atoms with E-state index in [1.165, 1.54) is 4.31 Å². The van der Waals surface area contributed by atoms with Gasteiger partial charge in [0, 0.05) is 44.9 Å². The lowest BCUT2D eigenvalue weighted by atomic mass is 9.98. The third-order valence-electron chi connectivity index (χ3n) is 6.04. The van der Waals surface area contributed by atoms with E-state index in [-0.39, 0.29) is 22.4 Å². The number of imidazole rings is 1. The SMILES string of the molecule is CC(C)c1nc(S(=O)(=O)N2CCC(Cn3nc4c(cc3=O)CCC4)CC2)cn1C. The summed E-state index contributed by atoms with van der Waals surface area (Å²) in [5.74, 6) is 1.18. The van der Waals surface area contributed by atoms with Gasteiger partial charge in [-0.2, -0.15) is 9.40 Å². The van der Waals surface area contributed by atoms with Crippen molar-refractivity contribution in [1.82, 2.24) is 23.6 Å². The smallest absolute Gasteiger partial charge is 0.267 e. The van der Waals surface area contributed by atoms with Gasteiger partial charge in [0.05, 0.1) is 5.69 Å². The highest BCUT2D eigenvalue weighted by molar-refractivity contribution is 7.89. The minimum atomic E-state index is -3.59. The van der Waals surface area contributed by atoms with Crippen LogP contribution in [0.25, 0.3) is 0 Å². The van der Waals surface area contributed by atoms with E-state index in [1.54, 1.807) is 21.5 Å². The van der Waals surface area contributed by atoms with Gasteiger partial charge >= 0.3 is 0 Å². The Bertz CT molecular complexity index is 1060. The van der Waals surface area contributed by atoms with Gasteiger partial charge in [0.15, 0.2) is 5.03 Å². The van der Waals surface area contributed by atoms with Gasteiger partial charge in [0.2, 0.25) is 0 Å². The lowest BCUT2D eigenvalue weighted by molar-refractivity contribution is 0.243. The fraction of sp³-hybridized carbons (Fsp3) is 0.650. The second-order valence-electron chi connectivity index (χ2n) is 8.54. The molecule has 0 unspecified atom stereocenters. The lowest BCUT2D eigenvalue weighted by Gasteiger charge is -2.30. The minimum absolute atomic E-state index is 0.0459. The fourth-order valence-corrected chi connectivity index (χ4v) is 5.85. The van der Waals surface area contributed by atoms with Gasteiger partial charge in [-0.15, -0.1) is 0 Å². The number of piperidine rings is 1. The van der Waals surface area contributed by atoms with Crippen molar-refractivity contribution in [3.8, 4) is 0 Å². The van der Waals surface area contributed by atoms with E-state index in [1.807, 2.05) is 20.9 Å². The number of hydrogen-bond donors (Lipinski definition) is 0. The number of aromatic nitrogens is 4. The second kappa shape index (κ2) is 7.68. The van der Waals surface area contributed by atoms with Crippen LogP contribution in [0.1, 0.15) is 56.1 Å². The Kier molecular flexibility index (Phi) is 5.37. The molecular weight excluding hydrogens is 390 g/mol. The van der Waals surface area contributed by atoms with Crippen LogP contribution >= 0.6 is 0 Å². The highest BCUT2D eigenvalue weighted by Gasteiger charge is 2.32. The average molecular weight is 420 g/mol. The van der Waals surface area contributed by atoms with Crippen LogP contribution in [0.5, 0.6) is 0 Å². The molecular formula is C20H29N5O3S. The second-order valence-corrected chi connectivity index (χ2v) is 10.4. The van der Waals surface area contributed by atoms with E-state index in [2.05, 4.69) is 10.1 Å². The molecule has 0 saturated carbocycles. The molecule has 3 heterocycles. The number of aryl methyl sites for hydroxylation is 3.